The van der Waals surface area contributed by atoms with Gasteiger partial charge < -0.3 is 16.4 Å². The van der Waals surface area contributed by atoms with Crippen LogP contribution in [0.25, 0.3) is 0 Å². The highest BCUT2D eigenvalue weighted by molar-refractivity contribution is 5.69. The van der Waals surface area contributed by atoms with Gasteiger partial charge in [0.25, 0.3) is 0 Å². The number of nitrogens with zero attached hydrogens (tertiary/aromatic N) is 3. The highest BCUT2D eigenvalue weighted by Crippen LogP contribution is 2.35. The Kier molecular flexibility index (Phi) is 6.95. The number of rotatable bonds is 8. The molecule has 0 fully saturated rings. The molecule has 4 N–H and O–H groups in total. The first-order valence-electron chi connectivity index (χ1n) is 7.79. The first-order valence-corrected chi connectivity index (χ1v) is 7.79. The van der Waals surface area contributed by atoms with E-state index in [1.165, 1.54) is 30.9 Å². The van der Waals surface area contributed by atoms with Gasteiger partial charge >= 0.3 is 6.18 Å². The molecule has 0 aliphatic carbocycles. The highest BCUT2D eigenvalue weighted by atomic mass is 19.4. The molecule has 0 saturated carbocycles. The van der Waals surface area contributed by atoms with Crippen molar-refractivity contribution in [2.45, 2.75) is 12.2 Å². The second kappa shape index (κ2) is 9.40. The summed E-state index contributed by atoms with van der Waals surface area (Å²) in [7, 11) is 0. The second-order valence-electron chi connectivity index (χ2n) is 5.22. The summed E-state index contributed by atoms with van der Waals surface area (Å²) in [5.74, 6) is 0. The molecule has 2 aromatic rings. The van der Waals surface area contributed by atoms with Gasteiger partial charge in [-0.3, -0.25) is 9.98 Å². The third-order valence-corrected chi connectivity index (χ3v) is 3.37. The predicted molar refractivity (Wildman–Crippen MR) is 97.6 cm³/mol. The number of alkyl halides is 3. The van der Waals surface area contributed by atoms with Gasteiger partial charge in [0.1, 0.15) is 12.4 Å². The minimum atomic E-state index is -4.43. The van der Waals surface area contributed by atoms with Crippen molar-refractivity contribution in [3.8, 4) is 0 Å². The first kappa shape index (κ1) is 19.2. The average molecular weight is 364 g/mol. The van der Waals surface area contributed by atoms with Crippen molar-refractivity contribution in [3.63, 3.8) is 0 Å². The van der Waals surface area contributed by atoms with E-state index in [1.54, 1.807) is 24.3 Å². The van der Waals surface area contributed by atoms with Crippen LogP contribution in [0.1, 0.15) is 11.6 Å². The van der Waals surface area contributed by atoms with Crippen molar-refractivity contribution in [3.05, 3.63) is 54.4 Å². The van der Waals surface area contributed by atoms with Crippen LogP contribution in [0.5, 0.6) is 0 Å². The molecule has 1 aromatic carbocycles. The highest BCUT2D eigenvalue weighted by Gasteiger charge is 2.40. The van der Waals surface area contributed by atoms with E-state index in [2.05, 4.69) is 25.6 Å². The number of hydrogen-bond donors (Lipinski definition) is 3. The van der Waals surface area contributed by atoms with Crippen molar-refractivity contribution in [2.75, 3.05) is 23.7 Å². The number of aliphatic imine (C=N–C) groups is 2. The topological polar surface area (TPSA) is 87.7 Å². The third-order valence-electron chi connectivity index (χ3n) is 3.37. The molecule has 2 rings (SSSR count). The lowest BCUT2D eigenvalue weighted by Crippen LogP contribution is -2.27. The zero-order valence-corrected chi connectivity index (χ0v) is 13.8. The van der Waals surface area contributed by atoms with E-state index in [0.717, 1.165) is 12.0 Å². The lowest BCUT2D eigenvalue weighted by atomic mass is 10.1. The molecule has 0 spiro atoms. The SMILES string of the molecule is NC=NC=NCCNc1ccc(NC(c2ccncc2)C(F)(F)F)cc1. The van der Waals surface area contributed by atoms with E-state index in [4.69, 9.17) is 5.73 Å². The van der Waals surface area contributed by atoms with Crippen molar-refractivity contribution in [2.24, 2.45) is 15.7 Å². The van der Waals surface area contributed by atoms with Crippen LogP contribution in [0.15, 0.2) is 58.8 Å². The van der Waals surface area contributed by atoms with Crippen LogP contribution in [0.4, 0.5) is 24.5 Å². The Morgan fingerprint density at radius 3 is 2.35 bits per heavy atom. The smallest absolute Gasteiger partial charge is 0.390 e. The van der Waals surface area contributed by atoms with Gasteiger partial charge in [0, 0.05) is 30.3 Å². The van der Waals surface area contributed by atoms with Crippen LogP contribution in [0, 0.1) is 0 Å². The van der Waals surface area contributed by atoms with Crippen molar-refractivity contribution in [1.29, 1.82) is 0 Å². The molecular weight excluding hydrogens is 345 g/mol. The summed E-state index contributed by atoms with van der Waals surface area (Å²) in [6, 6.07) is 7.46. The lowest BCUT2D eigenvalue weighted by Gasteiger charge is -2.23. The Balaban J connectivity index is 1.96. The van der Waals surface area contributed by atoms with E-state index < -0.39 is 12.2 Å². The van der Waals surface area contributed by atoms with Crippen molar-refractivity contribution >= 4 is 24.1 Å². The lowest BCUT2D eigenvalue weighted by molar-refractivity contribution is -0.144. The minimum Gasteiger partial charge on any atom is -0.390 e. The number of halogens is 3. The van der Waals surface area contributed by atoms with Crippen LogP contribution in [0.2, 0.25) is 0 Å². The molecule has 0 aliphatic heterocycles. The third kappa shape index (κ3) is 6.08. The molecule has 9 heteroatoms. The van der Waals surface area contributed by atoms with E-state index in [0.29, 0.717) is 18.8 Å². The molecule has 1 aromatic heterocycles. The fourth-order valence-electron chi connectivity index (χ4n) is 2.17. The molecule has 0 aliphatic rings. The molecule has 1 atom stereocenters. The molecule has 138 valence electrons. The number of hydrogen-bond acceptors (Lipinski definition) is 4. The minimum absolute atomic E-state index is 0.104. The van der Waals surface area contributed by atoms with Gasteiger partial charge in [0.05, 0.1) is 12.9 Å². The predicted octanol–water partition coefficient (Wildman–Crippen LogP) is 3.22. The van der Waals surface area contributed by atoms with Crippen LogP contribution >= 0.6 is 0 Å². The molecule has 26 heavy (non-hydrogen) atoms. The standard InChI is InChI=1S/C17H19F3N6/c18-17(19,20)16(13-5-7-22-8-6-13)26-15-3-1-14(2-4-15)25-10-9-23-12-24-11-21/h1-8,11-12,16,25-26H,9-10H2,(H2,21,23,24). The van der Waals surface area contributed by atoms with E-state index in [9.17, 15) is 13.2 Å². The van der Waals surface area contributed by atoms with Crippen molar-refractivity contribution < 1.29 is 13.2 Å². The number of pyridine rings is 1. The quantitative estimate of drug-likeness (QED) is 0.381. The fourth-order valence-corrected chi connectivity index (χ4v) is 2.17. The molecule has 0 radical (unpaired) electrons. The maximum Gasteiger partial charge on any atom is 0.412 e. The fraction of sp³-hybridized carbons (Fsp3) is 0.235. The Morgan fingerprint density at radius 1 is 1.08 bits per heavy atom. The van der Waals surface area contributed by atoms with Crippen LogP contribution < -0.4 is 16.4 Å². The van der Waals surface area contributed by atoms with Gasteiger partial charge in [0.2, 0.25) is 0 Å². The molecule has 6 nitrogen and oxygen atoms in total. The van der Waals surface area contributed by atoms with Gasteiger partial charge in [-0.15, -0.1) is 0 Å². The molecule has 1 unspecified atom stereocenters. The van der Waals surface area contributed by atoms with Gasteiger partial charge in [-0.2, -0.15) is 13.2 Å². The molecule has 0 amide bonds. The summed E-state index contributed by atoms with van der Waals surface area (Å²) in [5, 5.41) is 5.63. The van der Waals surface area contributed by atoms with E-state index in [1.807, 2.05) is 0 Å². The Morgan fingerprint density at radius 2 is 1.73 bits per heavy atom. The Bertz CT molecular complexity index is 714. The van der Waals surface area contributed by atoms with Crippen molar-refractivity contribution in [1.82, 2.24) is 4.98 Å². The number of nitrogens with one attached hydrogen (secondary N) is 2. The van der Waals surface area contributed by atoms with Gasteiger partial charge in [-0.1, -0.05) is 0 Å². The summed E-state index contributed by atoms with van der Waals surface area (Å²) >= 11 is 0. The number of benzene rings is 1. The van der Waals surface area contributed by atoms with Crippen LogP contribution in [0.3, 0.4) is 0 Å². The zero-order valence-electron chi connectivity index (χ0n) is 13.8. The van der Waals surface area contributed by atoms with E-state index >= 15 is 0 Å². The largest absolute Gasteiger partial charge is 0.412 e. The molecular formula is C17H19F3N6. The maximum atomic E-state index is 13.3. The van der Waals surface area contributed by atoms with E-state index in [-0.39, 0.29) is 5.56 Å². The Labute approximate surface area is 149 Å². The molecule has 0 saturated heterocycles. The molecule has 1 heterocycles. The monoisotopic (exact) mass is 364 g/mol. The number of aromatic nitrogens is 1. The summed E-state index contributed by atoms with van der Waals surface area (Å²) in [4.78, 5) is 11.4. The number of anilines is 2. The normalized spacial score (nSPS) is 13.2. The molecule has 0 bridgehead atoms. The number of nitrogens with two attached hydrogens (primary N) is 1. The van der Waals surface area contributed by atoms with Gasteiger partial charge in [0.15, 0.2) is 0 Å². The van der Waals surface area contributed by atoms with Gasteiger partial charge in [-0.05, 0) is 42.0 Å². The first-order chi connectivity index (χ1) is 12.5. The second-order valence-corrected chi connectivity index (χ2v) is 5.22. The summed E-state index contributed by atoms with van der Waals surface area (Å²) in [6.45, 7) is 1.06. The Hall–Kier alpha value is -3.10. The zero-order chi connectivity index (χ0) is 18.8. The van der Waals surface area contributed by atoms with Crippen LogP contribution in [-0.2, 0) is 0 Å². The summed E-state index contributed by atoms with van der Waals surface area (Å²) in [6.07, 6.45) is 0.740. The van der Waals surface area contributed by atoms with Crippen LogP contribution in [-0.4, -0.2) is 36.9 Å². The maximum absolute atomic E-state index is 13.3. The van der Waals surface area contributed by atoms with Gasteiger partial charge in [-0.25, -0.2) is 4.99 Å². The summed E-state index contributed by atoms with van der Waals surface area (Å²) in [5.41, 5.74) is 6.32. The summed E-state index contributed by atoms with van der Waals surface area (Å²) < 4.78 is 40.0. The average Bonchev–Trinajstić information content (AvgIpc) is 2.63.